The molecule has 1 amide bonds. The molecule has 2 aromatic rings. The van der Waals surface area contributed by atoms with Crippen LogP contribution in [0.4, 0.5) is 5.69 Å². The van der Waals surface area contributed by atoms with E-state index in [-0.39, 0.29) is 11.6 Å². The van der Waals surface area contributed by atoms with E-state index in [9.17, 15) is 10.1 Å². The lowest BCUT2D eigenvalue weighted by Crippen LogP contribution is -2.28. The Balaban J connectivity index is 2.06. The number of methoxy groups -OCH3 is 1. The van der Waals surface area contributed by atoms with Gasteiger partial charge in [-0.15, -0.1) is 0 Å². The molecule has 5 nitrogen and oxygen atoms in total. The Labute approximate surface area is 161 Å². The minimum absolute atomic E-state index is 0.00711. The number of benzene rings is 2. The van der Waals surface area contributed by atoms with Crippen LogP contribution in [0.2, 0.25) is 0 Å². The molecule has 0 radical (unpaired) electrons. The zero-order valence-electron chi connectivity index (χ0n) is 14.8. The van der Waals surface area contributed by atoms with Crippen LogP contribution in [0.25, 0.3) is 0 Å². The summed E-state index contributed by atoms with van der Waals surface area (Å²) in [7, 11) is 1.60. The summed E-state index contributed by atoms with van der Waals surface area (Å²) in [6.07, 6.45) is 1.42. The van der Waals surface area contributed by atoms with Crippen molar-refractivity contribution in [3.63, 3.8) is 0 Å². The highest BCUT2D eigenvalue weighted by Crippen LogP contribution is 2.21. The minimum atomic E-state index is -0.432. The molecule has 1 unspecified atom stereocenters. The highest BCUT2D eigenvalue weighted by molar-refractivity contribution is 9.10. The molecule has 134 valence electrons. The number of anilines is 1. The van der Waals surface area contributed by atoms with Crippen LogP contribution >= 0.6 is 15.9 Å². The number of carbonyl (C=O) groups is 1. The van der Waals surface area contributed by atoms with Crippen molar-refractivity contribution in [3.8, 4) is 11.8 Å². The van der Waals surface area contributed by atoms with Crippen LogP contribution in [0, 0.1) is 18.3 Å². The summed E-state index contributed by atoms with van der Waals surface area (Å²) >= 11 is 3.40. The third-order valence-corrected chi connectivity index (χ3v) is 4.38. The number of amides is 1. The molecule has 0 aliphatic carbocycles. The van der Waals surface area contributed by atoms with Crippen molar-refractivity contribution in [3.05, 3.63) is 69.8 Å². The second kappa shape index (κ2) is 9.07. The monoisotopic (exact) mass is 413 g/mol. The molecule has 0 saturated heterocycles. The molecule has 0 aliphatic heterocycles. The molecule has 0 saturated carbocycles. The van der Waals surface area contributed by atoms with Gasteiger partial charge in [-0.05, 0) is 55.3 Å². The van der Waals surface area contributed by atoms with Gasteiger partial charge in [-0.1, -0.05) is 28.1 Å². The molecule has 0 heterocycles. The normalized spacial score (nSPS) is 12.0. The predicted molar refractivity (Wildman–Crippen MR) is 106 cm³/mol. The molecule has 26 heavy (non-hydrogen) atoms. The van der Waals surface area contributed by atoms with E-state index in [0.29, 0.717) is 0 Å². The third-order valence-electron chi connectivity index (χ3n) is 3.89. The summed E-state index contributed by atoms with van der Waals surface area (Å²) in [4.78, 5) is 12.4. The first kappa shape index (κ1) is 19.5. The lowest BCUT2D eigenvalue weighted by atomic mass is 10.1. The molecule has 0 bridgehead atoms. The maximum atomic E-state index is 12.4. The smallest absolute Gasteiger partial charge is 0.263 e. The van der Waals surface area contributed by atoms with Crippen LogP contribution in [-0.4, -0.2) is 13.0 Å². The molecular weight excluding hydrogens is 394 g/mol. The van der Waals surface area contributed by atoms with Crippen molar-refractivity contribution in [2.75, 3.05) is 12.4 Å². The molecule has 1 atom stereocenters. The maximum Gasteiger partial charge on any atom is 0.263 e. The highest BCUT2D eigenvalue weighted by Gasteiger charge is 2.14. The number of hydrogen-bond donors (Lipinski definition) is 2. The third kappa shape index (κ3) is 5.11. The Hall–Kier alpha value is -2.78. The second-order valence-electron chi connectivity index (χ2n) is 5.74. The zero-order chi connectivity index (χ0) is 19.1. The zero-order valence-corrected chi connectivity index (χ0v) is 16.4. The number of ether oxygens (including phenoxy) is 1. The topological polar surface area (TPSA) is 74.1 Å². The average molecular weight is 414 g/mol. The van der Waals surface area contributed by atoms with E-state index in [1.54, 1.807) is 7.11 Å². The van der Waals surface area contributed by atoms with Crippen molar-refractivity contribution in [2.45, 2.75) is 19.9 Å². The Kier molecular flexibility index (Phi) is 6.81. The van der Waals surface area contributed by atoms with Crippen LogP contribution in [0.1, 0.15) is 24.1 Å². The van der Waals surface area contributed by atoms with Gasteiger partial charge >= 0.3 is 0 Å². The van der Waals surface area contributed by atoms with E-state index < -0.39 is 5.91 Å². The molecule has 6 heteroatoms. The Morgan fingerprint density at radius 1 is 1.27 bits per heavy atom. The van der Waals surface area contributed by atoms with E-state index >= 15 is 0 Å². The van der Waals surface area contributed by atoms with Crippen molar-refractivity contribution in [1.82, 2.24) is 5.32 Å². The fraction of sp³-hybridized carbons (Fsp3) is 0.200. The van der Waals surface area contributed by atoms with E-state index in [0.717, 1.165) is 27.0 Å². The number of halogens is 1. The van der Waals surface area contributed by atoms with Crippen LogP contribution in [0.3, 0.4) is 0 Å². The molecular formula is C20H20BrN3O2. The van der Waals surface area contributed by atoms with Gasteiger partial charge in [0.15, 0.2) is 0 Å². The number of nitriles is 1. The number of rotatable bonds is 6. The first-order chi connectivity index (χ1) is 12.4. The number of nitrogens with one attached hydrogen (secondary N) is 2. The lowest BCUT2D eigenvalue weighted by Gasteiger charge is -2.14. The molecule has 0 spiro atoms. The van der Waals surface area contributed by atoms with Crippen LogP contribution in [-0.2, 0) is 4.79 Å². The van der Waals surface area contributed by atoms with E-state index in [4.69, 9.17) is 4.74 Å². The average Bonchev–Trinajstić information content (AvgIpc) is 2.63. The molecule has 0 fully saturated rings. The summed E-state index contributed by atoms with van der Waals surface area (Å²) in [5, 5.41) is 15.1. The number of aryl methyl sites for hydroxylation is 1. The highest BCUT2D eigenvalue weighted by atomic mass is 79.9. The molecule has 2 rings (SSSR count). The van der Waals surface area contributed by atoms with E-state index in [2.05, 4.69) is 26.6 Å². The summed E-state index contributed by atoms with van der Waals surface area (Å²) in [5.74, 6) is 0.317. The van der Waals surface area contributed by atoms with Crippen molar-refractivity contribution < 1.29 is 9.53 Å². The van der Waals surface area contributed by atoms with Crippen LogP contribution in [0.5, 0.6) is 5.75 Å². The SMILES string of the molecule is COc1ccc(C(C)NC(=O)/C(C#N)=C\Nc2ccc(Br)cc2C)cc1. The minimum Gasteiger partial charge on any atom is -0.497 e. The standard InChI is InChI=1S/C20H20BrN3O2/c1-13-10-17(21)6-9-19(13)23-12-16(11-22)20(25)24-14(2)15-4-7-18(26-3)8-5-15/h4-10,12,14,23H,1-3H3,(H,24,25)/b16-12-. The summed E-state index contributed by atoms with van der Waals surface area (Å²) in [6.45, 7) is 3.81. The van der Waals surface area contributed by atoms with Gasteiger partial charge in [-0.25, -0.2) is 0 Å². The van der Waals surface area contributed by atoms with Gasteiger partial charge in [0.25, 0.3) is 5.91 Å². The van der Waals surface area contributed by atoms with E-state index in [1.807, 2.05) is 62.4 Å². The van der Waals surface area contributed by atoms with Crippen molar-refractivity contribution in [2.24, 2.45) is 0 Å². The summed E-state index contributed by atoms with van der Waals surface area (Å²) < 4.78 is 6.09. The number of carbonyl (C=O) groups excluding carboxylic acids is 1. The number of hydrogen-bond acceptors (Lipinski definition) is 4. The van der Waals surface area contributed by atoms with Crippen LogP contribution < -0.4 is 15.4 Å². The predicted octanol–water partition coefficient (Wildman–Crippen LogP) is 4.46. The van der Waals surface area contributed by atoms with Gasteiger partial charge in [0.05, 0.1) is 13.2 Å². The second-order valence-corrected chi connectivity index (χ2v) is 6.66. The first-order valence-corrected chi connectivity index (χ1v) is 8.81. The number of nitrogens with zero attached hydrogens (tertiary/aromatic N) is 1. The van der Waals surface area contributed by atoms with Gasteiger partial charge in [0.2, 0.25) is 0 Å². The van der Waals surface area contributed by atoms with Gasteiger partial charge in [-0.3, -0.25) is 4.79 Å². The quantitative estimate of drug-likeness (QED) is 0.541. The Morgan fingerprint density at radius 3 is 2.54 bits per heavy atom. The van der Waals surface area contributed by atoms with Gasteiger partial charge < -0.3 is 15.4 Å². The molecule has 0 aromatic heterocycles. The molecule has 0 aliphatic rings. The lowest BCUT2D eigenvalue weighted by molar-refractivity contribution is -0.117. The fourth-order valence-electron chi connectivity index (χ4n) is 2.34. The maximum absolute atomic E-state index is 12.4. The van der Waals surface area contributed by atoms with Crippen molar-refractivity contribution in [1.29, 1.82) is 5.26 Å². The van der Waals surface area contributed by atoms with Gasteiger partial charge in [0, 0.05) is 16.4 Å². The Morgan fingerprint density at radius 2 is 1.96 bits per heavy atom. The van der Waals surface area contributed by atoms with Crippen LogP contribution in [0.15, 0.2) is 58.7 Å². The van der Waals surface area contributed by atoms with Gasteiger partial charge in [-0.2, -0.15) is 5.26 Å². The molecule has 2 aromatic carbocycles. The first-order valence-electron chi connectivity index (χ1n) is 8.02. The van der Waals surface area contributed by atoms with E-state index in [1.165, 1.54) is 6.20 Å². The summed E-state index contributed by atoms with van der Waals surface area (Å²) in [6, 6.07) is 14.8. The van der Waals surface area contributed by atoms with Gasteiger partial charge in [0.1, 0.15) is 17.4 Å². The largest absolute Gasteiger partial charge is 0.497 e. The Bertz CT molecular complexity index is 854. The molecule has 2 N–H and O–H groups in total. The van der Waals surface area contributed by atoms with Crippen molar-refractivity contribution >= 4 is 27.5 Å². The fourth-order valence-corrected chi connectivity index (χ4v) is 2.81. The summed E-state index contributed by atoms with van der Waals surface area (Å²) in [5.41, 5.74) is 2.76.